The van der Waals surface area contributed by atoms with E-state index in [1.807, 2.05) is 0 Å². The highest BCUT2D eigenvalue weighted by Crippen LogP contribution is 2.16. The second-order valence-corrected chi connectivity index (χ2v) is 2.91. The summed E-state index contributed by atoms with van der Waals surface area (Å²) in [7, 11) is 0. The van der Waals surface area contributed by atoms with Gasteiger partial charge < -0.3 is 14.9 Å². The lowest BCUT2D eigenvalue weighted by atomic mass is 10.0. The summed E-state index contributed by atoms with van der Waals surface area (Å²) < 4.78 is 4.42. The topological polar surface area (TPSA) is 101 Å². The second-order valence-electron chi connectivity index (χ2n) is 2.91. The van der Waals surface area contributed by atoms with Crippen LogP contribution in [0.25, 0.3) is 0 Å². The number of hydrogen-bond donors (Lipinski definition) is 2. The molecule has 17 heavy (non-hydrogen) atoms. The van der Waals surface area contributed by atoms with Gasteiger partial charge in [0, 0.05) is 0 Å². The van der Waals surface area contributed by atoms with Gasteiger partial charge in [0.15, 0.2) is 0 Å². The van der Waals surface area contributed by atoms with Crippen LogP contribution in [0.2, 0.25) is 0 Å². The Morgan fingerprint density at radius 3 is 2.18 bits per heavy atom. The Morgan fingerprint density at radius 1 is 1.12 bits per heavy atom. The monoisotopic (exact) mass is 236 g/mol. The Labute approximate surface area is 95.8 Å². The van der Waals surface area contributed by atoms with Gasteiger partial charge in [0.05, 0.1) is 23.0 Å². The summed E-state index contributed by atoms with van der Waals surface area (Å²) in [6.07, 6.45) is 0.835. The lowest BCUT2D eigenvalue weighted by Gasteiger charge is -2.06. The van der Waals surface area contributed by atoms with E-state index in [2.05, 4.69) is 11.3 Å². The fourth-order valence-corrected chi connectivity index (χ4v) is 1.27. The molecule has 0 aromatic heterocycles. The van der Waals surface area contributed by atoms with Crippen molar-refractivity contribution in [3.8, 4) is 0 Å². The van der Waals surface area contributed by atoms with Gasteiger partial charge in [-0.15, -0.1) is 0 Å². The Hall–Kier alpha value is -2.63. The molecule has 1 aromatic rings. The summed E-state index contributed by atoms with van der Waals surface area (Å²) in [4.78, 5) is 33.2. The van der Waals surface area contributed by atoms with Gasteiger partial charge in [-0.3, -0.25) is 0 Å². The minimum absolute atomic E-state index is 0.336. The fourth-order valence-electron chi connectivity index (χ4n) is 1.27. The van der Waals surface area contributed by atoms with Crippen LogP contribution >= 0.6 is 0 Å². The van der Waals surface area contributed by atoms with Crippen LogP contribution in [0.5, 0.6) is 0 Å². The van der Waals surface area contributed by atoms with E-state index < -0.39 is 29.0 Å². The Kier molecular flexibility index (Phi) is 3.61. The van der Waals surface area contributed by atoms with Crippen molar-refractivity contribution in [2.75, 3.05) is 0 Å². The highest BCUT2D eigenvalue weighted by molar-refractivity contribution is 6.09. The lowest BCUT2D eigenvalue weighted by molar-refractivity contribution is 0.0622. The molecule has 0 radical (unpaired) electrons. The number of carboxylic acids is 2. The molecule has 0 heterocycles. The maximum absolute atomic E-state index is 11.4. The van der Waals surface area contributed by atoms with Crippen LogP contribution in [0.15, 0.2) is 31.0 Å². The van der Waals surface area contributed by atoms with Crippen LogP contribution < -0.4 is 0 Å². The van der Waals surface area contributed by atoms with E-state index in [4.69, 9.17) is 10.2 Å². The normalized spacial score (nSPS) is 9.41. The smallest absolute Gasteiger partial charge is 0.343 e. The summed E-state index contributed by atoms with van der Waals surface area (Å²) in [5.74, 6) is -3.92. The van der Waals surface area contributed by atoms with Crippen LogP contribution in [-0.2, 0) is 4.74 Å². The van der Waals surface area contributed by atoms with Gasteiger partial charge in [-0.05, 0) is 12.1 Å². The van der Waals surface area contributed by atoms with E-state index in [1.54, 1.807) is 0 Å². The standard InChI is InChI=1S/C11H8O6/c1-2-17-11(16)7-5-3-4-6(9(12)13)8(7)10(14)15/h2-5H,1H2,(H,12,13)(H,14,15). The van der Waals surface area contributed by atoms with Gasteiger partial charge >= 0.3 is 17.9 Å². The summed E-state index contributed by atoms with van der Waals surface area (Å²) in [6, 6.07) is 3.52. The first-order valence-electron chi connectivity index (χ1n) is 4.40. The van der Waals surface area contributed by atoms with Crippen molar-refractivity contribution in [3.05, 3.63) is 47.7 Å². The molecule has 0 spiro atoms. The molecule has 0 unspecified atom stereocenters. The van der Waals surface area contributed by atoms with E-state index in [-0.39, 0.29) is 5.56 Å². The van der Waals surface area contributed by atoms with Crippen molar-refractivity contribution in [1.82, 2.24) is 0 Å². The number of carbonyl (C=O) groups excluding carboxylic acids is 1. The van der Waals surface area contributed by atoms with Gasteiger partial charge in [-0.25, -0.2) is 14.4 Å². The molecule has 0 fully saturated rings. The van der Waals surface area contributed by atoms with Crippen LogP contribution in [0.1, 0.15) is 31.1 Å². The quantitative estimate of drug-likeness (QED) is 0.605. The Bertz CT molecular complexity index is 503. The van der Waals surface area contributed by atoms with E-state index in [1.165, 1.54) is 12.1 Å². The maximum atomic E-state index is 11.4. The first-order chi connectivity index (χ1) is 7.99. The number of carboxylic acid groups (broad SMARTS) is 2. The molecular weight excluding hydrogens is 228 g/mol. The third kappa shape index (κ3) is 2.49. The number of aromatic carboxylic acids is 2. The predicted octanol–water partition coefficient (Wildman–Crippen LogP) is 1.38. The predicted molar refractivity (Wildman–Crippen MR) is 56.0 cm³/mol. The van der Waals surface area contributed by atoms with E-state index in [9.17, 15) is 14.4 Å². The Balaban J connectivity index is 3.45. The van der Waals surface area contributed by atoms with Crippen LogP contribution in [-0.4, -0.2) is 28.1 Å². The molecule has 6 heteroatoms. The van der Waals surface area contributed by atoms with Crippen molar-refractivity contribution in [3.63, 3.8) is 0 Å². The molecule has 0 saturated carbocycles. The molecular formula is C11H8O6. The summed E-state index contributed by atoms with van der Waals surface area (Å²) in [5.41, 5.74) is -1.42. The van der Waals surface area contributed by atoms with Crippen molar-refractivity contribution >= 4 is 17.9 Å². The zero-order chi connectivity index (χ0) is 13.0. The number of benzene rings is 1. The van der Waals surface area contributed by atoms with Gasteiger partial charge in [0.2, 0.25) is 0 Å². The zero-order valence-corrected chi connectivity index (χ0v) is 8.54. The number of carbonyl (C=O) groups is 3. The lowest BCUT2D eigenvalue weighted by Crippen LogP contribution is -2.15. The highest BCUT2D eigenvalue weighted by atomic mass is 16.5. The largest absolute Gasteiger partial charge is 0.478 e. The van der Waals surface area contributed by atoms with Crippen molar-refractivity contribution in [2.45, 2.75) is 0 Å². The summed E-state index contributed by atoms with van der Waals surface area (Å²) in [5, 5.41) is 17.7. The molecule has 0 bridgehead atoms. The van der Waals surface area contributed by atoms with E-state index in [0.29, 0.717) is 0 Å². The summed E-state index contributed by atoms with van der Waals surface area (Å²) >= 11 is 0. The van der Waals surface area contributed by atoms with Gasteiger partial charge in [-0.1, -0.05) is 12.6 Å². The molecule has 6 nitrogen and oxygen atoms in total. The average molecular weight is 236 g/mol. The molecule has 0 saturated heterocycles. The van der Waals surface area contributed by atoms with E-state index >= 15 is 0 Å². The highest BCUT2D eigenvalue weighted by Gasteiger charge is 2.24. The van der Waals surface area contributed by atoms with Crippen molar-refractivity contribution in [1.29, 1.82) is 0 Å². The maximum Gasteiger partial charge on any atom is 0.343 e. The van der Waals surface area contributed by atoms with Gasteiger partial charge in [-0.2, -0.15) is 0 Å². The fraction of sp³-hybridized carbons (Fsp3) is 0. The minimum atomic E-state index is -1.51. The van der Waals surface area contributed by atoms with Crippen LogP contribution in [0, 0.1) is 0 Å². The third-order valence-corrected chi connectivity index (χ3v) is 1.92. The first-order valence-corrected chi connectivity index (χ1v) is 4.40. The SMILES string of the molecule is C=COC(=O)c1cccc(C(=O)O)c1C(=O)O. The average Bonchev–Trinajstić information content (AvgIpc) is 2.28. The zero-order valence-electron chi connectivity index (χ0n) is 8.54. The Morgan fingerprint density at radius 2 is 1.71 bits per heavy atom. The minimum Gasteiger partial charge on any atom is -0.478 e. The number of esters is 1. The molecule has 1 rings (SSSR count). The molecule has 88 valence electrons. The van der Waals surface area contributed by atoms with E-state index in [0.717, 1.165) is 12.3 Å². The molecule has 0 amide bonds. The van der Waals surface area contributed by atoms with Crippen LogP contribution in [0.3, 0.4) is 0 Å². The molecule has 0 atom stereocenters. The van der Waals surface area contributed by atoms with Crippen molar-refractivity contribution in [2.24, 2.45) is 0 Å². The molecule has 0 aliphatic heterocycles. The van der Waals surface area contributed by atoms with Gasteiger partial charge in [0.1, 0.15) is 0 Å². The molecule has 1 aromatic carbocycles. The third-order valence-electron chi connectivity index (χ3n) is 1.92. The first kappa shape index (κ1) is 12.4. The number of rotatable bonds is 4. The van der Waals surface area contributed by atoms with Crippen molar-refractivity contribution < 1.29 is 29.3 Å². The molecule has 0 aliphatic carbocycles. The second kappa shape index (κ2) is 4.93. The molecule has 2 N–H and O–H groups in total. The number of ether oxygens (including phenoxy) is 1. The molecule has 0 aliphatic rings. The van der Waals surface area contributed by atoms with Crippen LogP contribution in [0.4, 0.5) is 0 Å². The number of hydrogen-bond acceptors (Lipinski definition) is 4. The summed E-state index contributed by atoms with van der Waals surface area (Å²) in [6.45, 7) is 3.15. The van der Waals surface area contributed by atoms with Gasteiger partial charge in [0.25, 0.3) is 0 Å².